The van der Waals surface area contributed by atoms with Crippen molar-refractivity contribution in [2.45, 2.75) is 38.8 Å². The summed E-state index contributed by atoms with van der Waals surface area (Å²) >= 11 is 0. The van der Waals surface area contributed by atoms with Crippen LogP contribution < -0.4 is 21.3 Å². The number of nitrogen functional groups attached to an aromatic ring is 2. The molecule has 194 valence electrons. The van der Waals surface area contributed by atoms with Crippen LogP contribution in [-0.2, 0) is 0 Å². The predicted molar refractivity (Wildman–Crippen MR) is 123 cm³/mol. The molecule has 0 amide bonds. The maximum absolute atomic E-state index is 13.6. The van der Waals surface area contributed by atoms with Crippen molar-refractivity contribution in [3.63, 3.8) is 0 Å². The van der Waals surface area contributed by atoms with Crippen molar-refractivity contribution in [3.05, 3.63) is 47.5 Å². The van der Waals surface area contributed by atoms with Crippen LogP contribution in [0, 0.1) is 35.1 Å². The lowest BCUT2D eigenvalue weighted by molar-refractivity contribution is -0.179. The van der Waals surface area contributed by atoms with Gasteiger partial charge in [0.05, 0.1) is 5.92 Å². The van der Waals surface area contributed by atoms with Crippen LogP contribution in [0.5, 0.6) is 0 Å². The smallest absolute Gasteiger partial charge is 0.391 e. The Morgan fingerprint density at radius 1 is 0.657 bits per heavy atom. The standard InChI is InChI=1S/C12H13F5N2.C12H16F2N2/c13-9-5-8(18)6-10(14)11(9)19-3-1-7(2-4-19)12(15,16)17;1-8-2-4-16(5-3-8)12-10(13)6-9(15)7-11(12)14/h5-7H,1-4,18H2;6-8H,2-5,15H2,1H3. The quantitative estimate of drug-likeness (QED) is 0.381. The number of halogens is 7. The third-order valence-corrected chi connectivity index (χ3v) is 6.45. The fraction of sp³-hybridized carbons (Fsp3) is 0.500. The lowest BCUT2D eigenvalue weighted by Crippen LogP contribution is -2.39. The molecule has 2 aromatic carbocycles. The number of hydrogen-bond acceptors (Lipinski definition) is 4. The molecule has 4 rings (SSSR count). The van der Waals surface area contributed by atoms with Gasteiger partial charge in [-0.1, -0.05) is 6.92 Å². The summed E-state index contributed by atoms with van der Waals surface area (Å²) in [5, 5.41) is 0. The molecule has 4 nitrogen and oxygen atoms in total. The van der Waals surface area contributed by atoms with Crippen LogP contribution in [0.4, 0.5) is 53.5 Å². The Morgan fingerprint density at radius 2 is 0.971 bits per heavy atom. The SMILES string of the molecule is CC1CCN(c2c(F)cc(N)cc2F)CC1.Nc1cc(F)c(N2CCC(C(F)(F)F)CC2)c(F)c1. The number of hydrogen-bond donors (Lipinski definition) is 2. The number of alkyl halides is 3. The molecule has 35 heavy (non-hydrogen) atoms. The van der Waals surface area contributed by atoms with Crippen molar-refractivity contribution in [2.75, 3.05) is 47.4 Å². The van der Waals surface area contributed by atoms with Crippen LogP contribution in [-0.4, -0.2) is 32.4 Å². The van der Waals surface area contributed by atoms with E-state index in [1.165, 1.54) is 17.0 Å². The summed E-state index contributed by atoms with van der Waals surface area (Å²) in [5.41, 5.74) is 10.5. The summed E-state index contributed by atoms with van der Waals surface area (Å²) in [6.45, 7) is 3.52. The van der Waals surface area contributed by atoms with Crippen LogP contribution in [0.2, 0.25) is 0 Å². The first-order valence-corrected chi connectivity index (χ1v) is 11.4. The van der Waals surface area contributed by atoms with Crippen molar-refractivity contribution in [3.8, 4) is 0 Å². The molecule has 2 heterocycles. The number of nitrogens with two attached hydrogens (primary N) is 2. The highest BCUT2D eigenvalue weighted by molar-refractivity contribution is 5.57. The maximum atomic E-state index is 13.6. The zero-order chi connectivity index (χ0) is 25.9. The first-order valence-electron chi connectivity index (χ1n) is 11.4. The Labute approximate surface area is 199 Å². The first kappa shape index (κ1) is 26.7. The maximum Gasteiger partial charge on any atom is 0.391 e. The average molecular weight is 507 g/mol. The molecule has 0 aliphatic carbocycles. The van der Waals surface area contributed by atoms with E-state index in [4.69, 9.17) is 11.5 Å². The highest BCUT2D eigenvalue weighted by atomic mass is 19.4. The number of benzene rings is 2. The fourth-order valence-corrected chi connectivity index (χ4v) is 4.44. The lowest BCUT2D eigenvalue weighted by Gasteiger charge is -2.34. The van der Waals surface area contributed by atoms with E-state index in [1.54, 1.807) is 4.90 Å². The van der Waals surface area contributed by atoms with Gasteiger partial charge in [-0.3, -0.25) is 0 Å². The van der Waals surface area contributed by atoms with E-state index in [1.807, 2.05) is 0 Å². The summed E-state index contributed by atoms with van der Waals surface area (Å²) < 4.78 is 92.0. The number of anilines is 4. The minimum absolute atomic E-state index is 0.0259. The van der Waals surface area contributed by atoms with Gasteiger partial charge in [0.15, 0.2) is 23.3 Å². The Bertz CT molecular complexity index is 965. The van der Waals surface area contributed by atoms with Crippen molar-refractivity contribution < 1.29 is 30.7 Å². The number of rotatable bonds is 2. The third kappa shape index (κ3) is 6.64. The summed E-state index contributed by atoms with van der Waals surface area (Å²) in [6.07, 6.45) is -2.61. The molecule has 0 saturated carbocycles. The van der Waals surface area contributed by atoms with Crippen molar-refractivity contribution in [1.82, 2.24) is 0 Å². The molecule has 2 fully saturated rings. The molecule has 2 aromatic rings. The van der Waals surface area contributed by atoms with Crippen LogP contribution in [0.1, 0.15) is 32.6 Å². The minimum Gasteiger partial charge on any atom is -0.399 e. The zero-order valence-corrected chi connectivity index (χ0v) is 19.3. The summed E-state index contributed by atoms with van der Waals surface area (Å²) in [7, 11) is 0. The Balaban J connectivity index is 0.000000198. The van der Waals surface area contributed by atoms with E-state index < -0.39 is 35.4 Å². The van der Waals surface area contributed by atoms with Gasteiger partial charge in [-0.2, -0.15) is 13.2 Å². The van der Waals surface area contributed by atoms with E-state index in [2.05, 4.69) is 6.92 Å². The Morgan fingerprint density at radius 3 is 1.29 bits per heavy atom. The van der Waals surface area contributed by atoms with Crippen molar-refractivity contribution in [1.29, 1.82) is 0 Å². The third-order valence-electron chi connectivity index (χ3n) is 6.45. The number of piperidine rings is 2. The van der Waals surface area contributed by atoms with Crippen LogP contribution in [0.3, 0.4) is 0 Å². The second-order valence-corrected chi connectivity index (χ2v) is 9.14. The summed E-state index contributed by atoms with van der Waals surface area (Å²) in [4.78, 5) is 3.07. The highest BCUT2D eigenvalue weighted by Gasteiger charge is 2.41. The molecular formula is C24H29F7N4. The monoisotopic (exact) mass is 506 g/mol. The van der Waals surface area contributed by atoms with Gasteiger partial charge in [-0.25, -0.2) is 17.6 Å². The van der Waals surface area contributed by atoms with E-state index in [-0.39, 0.29) is 48.7 Å². The highest BCUT2D eigenvalue weighted by Crippen LogP contribution is 2.37. The van der Waals surface area contributed by atoms with E-state index >= 15 is 0 Å². The molecule has 0 unspecified atom stereocenters. The predicted octanol–water partition coefficient (Wildman–Crippen LogP) is 6.11. The van der Waals surface area contributed by atoms with Gasteiger partial charge in [-0.05, 0) is 55.9 Å². The molecule has 0 spiro atoms. The van der Waals surface area contributed by atoms with Crippen LogP contribution in [0.15, 0.2) is 24.3 Å². The Hall–Kier alpha value is -2.85. The van der Waals surface area contributed by atoms with Crippen molar-refractivity contribution in [2.24, 2.45) is 11.8 Å². The van der Waals surface area contributed by atoms with Gasteiger partial charge in [-0.15, -0.1) is 0 Å². The van der Waals surface area contributed by atoms with Gasteiger partial charge in [0.1, 0.15) is 11.4 Å². The second kappa shape index (κ2) is 10.8. The van der Waals surface area contributed by atoms with Crippen LogP contribution >= 0.6 is 0 Å². The van der Waals surface area contributed by atoms with Gasteiger partial charge in [0.25, 0.3) is 0 Å². The molecule has 2 aliphatic rings. The van der Waals surface area contributed by atoms with Crippen molar-refractivity contribution >= 4 is 22.7 Å². The Kier molecular flexibility index (Phi) is 8.27. The van der Waals surface area contributed by atoms with Gasteiger partial charge < -0.3 is 21.3 Å². The van der Waals surface area contributed by atoms with Gasteiger partial charge in [0, 0.05) is 37.6 Å². The lowest BCUT2D eigenvalue weighted by atomic mass is 9.96. The molecular weight excluding hydrogens is 477 g/mol. The molecule has 0 atom stereocenters. The summed E-state index contributed by atoms with van der Waals surface area (Å²) in [6, 6.07) is 4.29. The topological polar surface area (TPSA) is 58.5 Å². The summed E-state index contributed by atoms with van der Waals surface area (Å²) in [5.74, 6) is -3.58. The average Bonchev–Trinajstić information content (AvgIpc) is 2.74. The van der Waals surface area contributed by atoms with Gasteiger partial charge >= 0.3 is 6.18 Å². The number of nitrogens with zero attached hydrogens (tertiary/aromatic N) is 2. The normalized spacial score (nSPS) is 17.8. The first-order chi connectivity index (χ1) is 16.4. The molecule has 11 heteroatoms. The molecule has 4 N–H and O–H groups in total. The molecule has 2 aliphatic heterocycles. The van der Waals surface area contributed by atoms with E-state index in [0.29, 0.717) is 19.0 Å². The molecule has 0 bridgehead atoms. The zero-order valence-electron chi connectivity index (χ0n) is 19.3. The van der Waals surface area contributed by atoms with E-state index in [0.717, 1.165) is 25.0 Å². The molecule has 2 saturated heterocycles. The minimum atomic E-state index is -4.25. The molecule has 0 radical (unpaired) electrons. The van der Waals surface area contributed by atoms with Crippen LogP contribution in [0.25, 0.3) is 0 Å². The fourth-order valence-electron chi connectivity index (χ4n) is 4.44. The van der Waals surface area contributed by atoms with E-state index in [9.17, 15) is 30.7 Å². The molecule has 0 aromatic heterocycles. The van der Waals surface area contributed by atoms with Gasteiger partial charge in [0.2, 0.25) is 0 Å². The largest absolute Gasteiger partial charge is 0.399 e. The second-order valence-electron chi connectivity index (χ2n) is 9.14.